The summed E-state index contributed by atoms with van der Waals surface area (Å²) in [4.78, 5) is 19.9. The number of benzene rings is 1. The van der Waals surface area contributed by atoms with Crippen LogP contribution in [0.1, 0.15) is 16.9 Å². The molecule has 25 heavy (non-hydrogen) atoms. The third kappa shape index (κ3) is 4.77. The zero-order valence-electron chi connectivity index (χ0n) is 13.3. The number of halogens is 1. The molecule has 0 atom stereocenters. The number of nitrogens with one attached hydrogen (secondary N) is 2. The Morgan fingerprint density at radius 3 is 2.80 bits per heavy atom. The maximum Gasteiger partial charge on any atom is 0.273 e. The zero-order chi connectivity index (χ0) is 17.5. The van der Waals surface area contributed by atoms with Gasteiger partial charge in [-0.25, -0.2) is 9.97 Å². The summed E-state index contributed by atoms with van der Waals surface area (Å²) in [6, 6.07) is 12.9. The molecule has 3 aromatic rings. The van der Waals surface area contributed by atoms with Crippen LogP contribution in [0.15, 0.2) is 53.2 Å². The molecular formula is C17H16ClN5O2. The fraction of sp³-hybridized carbons (Fsp3) is 0.176. The van der Waals surface area contributed by atoms with E-state index in [0.717, 1.165) is 12.0 Å². The monoisotopic (exact) mass is 357 g/mol. The average Bonchev–Trinajstić information content (AvgIpc) is 3.12. The number of carbonyl (C=O) groups is 1. The van der Waals surface area contributed by atoms with Gasteiger partial charge in [0.2, 0.25) is 5.28 Å². The Bertz CT molecular complexity index is 838. The van der Waals surface area contributed by atoms with Gasteiger partial charge in [-0.2, -0.15) is 0 Å². The minimum absolute atomic E-state index is 0.193. The molecule has 0 unspecified atom stereocenters. The van der Waals surface area contributed by atoms with E-state index in [0.29, 0.717) is 24.7 Å². The second-order valence-electron chi connectivity index (χ2n) is 5.19. The van der Waals surface area contributed by atoms with Gasteiger partial charge in [-0.05, 0) is 24.1 Å². The van der Waals surface area contributed by atoms with Crippen LogP contribution in [0.4, 0.5) is 5.82 Å². The minimum Gasteiger partial charge on any atom is -0.370 e. The molecule has 0 fully saturated rings. The third-order valence-corrected chi connectivity index (χ3v) is 3.55. The first-order valence-electron chi connectivity index (χ1n) is 7.75. The number of hydrogen-bond acceptors (Lipinski definition) is 6. The molecule has 0 spiro atoms. The summed E-state index contributed by atoms with van der Waals surface area (Å²) >= 11 is 5.71. The summed E-state index contributed by atoms with van der Waals surface area (Å²) in [5, 5.41) is 9.91. The second-order valence-corrected chi connectivity index (χ2v) is 5.53. The number of carbonyl (C=O) groups excluding carboxylic acids is 1. The maximum atomic E-state index is 12.1. The van der Waals surface area contributed by atoms with Gasteiger partial charge in [0, 0.05) is 30.9 Å². The average molecular weight is 358 g/mol. The molecule has 0 saturated heterocycles. The largest absolute Gasteiger partial charge is 0.370 e. The van der Waals surface area contributed by atoms with Crippen LogP contribution in [-0.2, 0) is 0 Å². The van der Waals surface area contributed by atoms with Crippen molar-refractivity contribution in [1.29, 1.82) is 0 Å². The lowest BCUT2D eigenvalue weighted by molar-refractivity contribution is 0.0944. The van der Waals surface area contributed by atoms with E-state index in [1.54, 1.807) is 18.3 Å². The van der Waals surface area contributed by atoms with Crippen molar-refractivity contribution in [3.8, 4) is 11.3 Å². The molecule has 2 aromatic heterocycles. The molecule has 2 N–H and O–H groups in total. The molecule has 0 aliphatic heterocycles. The minimum atomic E-state index is -0.268. The van der Waals surface area contributed by atoms with Gasteiger partial charge in [0.25, 0.3) is 5.91 Å². The van der Waals surface area contributed by atoms with Crippen molar-refractivity contribution >= 4 is 23.3 Å². The van der Waals surface area contributed by atoms with Gasteiger partial charge < -0.3 is 15.2 Å². The maximum absolute atomic E-state index is 12.1. The number of rotatable bonds is 7. The normalized spacial score (nSPS) is 10.4. The first kappa shape index (κ1) is 16.9. The summed E-state index contributed by atoms with van der Waals surface area (Å²) in [7, 11) is 0. The van der Waals surface area contributed by atoms with E-state index >= 15 is 0 Å². The van der Waals surface area contributed by atoms with Crippen LogP contribution >= 0.6 is 11.6 Å². The molecule has 0 aliphatic rings. The van der Waals surface area contributed by atoms with Crippen molar-refractivity contribution < 1.29 is 9.32 Å². The van der Waals surface area contributed by atoms with Crippen molar-refractivity contribution in [3.05, 3.63) is 59.6 Å². The van der Waals surface area contributed by atoms with Crippen LogP contribution in [0.5, 0.6) is 0 Å². The van der Waals surface area contributed by atoms with Crippen LogP contribution in [0.3, 0.4) is 0 Å². The van der Waals surface area contributed by atoms with Crippen molar-refractivity contribution in [2.45, 2.75) is 6.42 Å². The number of nitrogens with zero attached hydrogens (tertiary/aromatic N) is 3. The van der Waals surface area contributed by atoms with Gasteiger partial charge in [0.05, 0.1) is 0 Å². The fourth-order valence-corrected chi connectivity index (χ4v) is 2.30. The molecular weight excluding hydrogens is 342 g/mol. The SMILES string of the molecule is O=C(NCCCNc1ccnc(Cl)n1)c1cc(-c2ccccc2)on1. The van der Waals surface area contributed by atoms with Crippen LogP contribution in [0.2, 0.25) is 5.28 Å². The second kappa shape index (κ2) is 8.25. The lowest BCUT2D eigenvalue weighted by Crippen LogP contribution is -2.26. The standard InChI is InChI=1S/C17H16ClN5O2/c18-17-21-10-7-15(22-17)19-8-4-9-20-16(24)13-11-14(25-23-13)12-5-2-1-3-6-12/h1-3,5-7,10-11H,4,8-9H2,(H,20,24)(H,19,21,22). The highest BCUT2D eigenvalue weighted by Gasteiger charge is 2.12. The number of aromatic nitrogens is 3. The molecule has 0 saturated carbocycles. The van der Waals surface area contributed by atoms with Crippen LogP contribution in [0.25, 0.3) is 11.3 Å². The highest BCUT2D eigenvalue weighted by atomic mass is 35.5. The molecule has 0 bridgehead atoms. The van der Waals surface area contributed by atoms with Crippen molar-refractivity contribution in [1.82, 2.24) is 20.4 Å². The van der Waals surface area contributed by atoms with Crippen molar-refractivity contribution in [2.24, 2.45) is 0 Å². The summed E-state index contributed by atoms with van der Waals surface area (Å²) in [5.41, 5.74) is 1.14. The molecule has 128 valence electrons. The molecule has 7 nitrogen and oxygen atoms in total. The van der Waals surface area contributed by atoms with E-state index in [1.165, 1.54) is 0 Å². The molecule has 1 aromatic carbocycles. The van der Waals surface area contributed by atoms with Crippen LogP contribution in [-0.4, -0.2) is 34.1 Å². The Morgan fingerprint density at radius 1 is 1.16 bits per heavy atom. The van der Waals surface area contributed by atoms with Crippen LogP contribution < -0.4 is 10.6 Å². The van der Waals surface area contributed by atoms with Gasteiger partial charge in [-0.3, -0.25) is 4.79 Å². The van der Waals surface area contributed by atoms with Gasteiger partial charge in [-0.1, -0.05) is 35.5 Å². The Hall–Kier alpha value is -2.93. The summed E-state index contributed by atoms with van der Waals surface area (Å²) in [6.07, 6.45) is 2.30. The number of amides is 1. The summed E-state index contributed by atoms with van der Waals surface area (Å²) in [5.74, 6) is 0.944. The predicted molar refractivity (Wildman–Crippen MR) is 94.4 cm³/mol. The Balaban J connectivity index is 1.43. The molecule has 0 aliphatic carbocycles. The van der Waals surface area contributed by atoms with E-state index < -0.39 is 0 Å². The number of anilines is 1. The lowest BCUT2D eigenvalue weighted by Gasteiger charge is -2.05. The third-order valence-electron chi connectivity index (χ3n) is 3.37. The molecule has 3 rings (SSSR count). The number of hydrogen-bond donors (Lipinski definition) is 2. The van der Waals surface area contributed by atoms with E-state index in [9.17, 15) is 4.79 Å². The fourth-order valence-electron chi connectivity index (χ4n) is 2.15. The van der Waals surface area contributed by atoms with E-state index in [-0.39, 0.29) is 16.9 Å². The molecule has 8 heteroatoms. The highest BCUT2D eigenvalue weighted by Crippen LogP contribution is 2.19. The molecule has 1 amide bonds. The van der Waals surface area contributed by atoms with Gasteiger partial charge in [-0.15, -0.1) is 0 Å². The van der Waals surface area contributed by atoms with E-state index in [2.05, 4.69) is 25.8 Å². The lowest BCUT2D eigenvalue weighted by atomic mass is 10.1. The van der Waals surface area contributed by atoms with Crippen molar-refractivity contribution in [2.75, 3.05) is 18.4 Å². The van der Waals surface area contributed by atoms with Gasteiger partial charge in [0.1, 0.15) is 5.82 Å². The van der Waals surface area contributed by atoms with Gasteiger partial charge in [0.15, 0.2) is 11.5 Å². The zero-order valence-corrected chi connectivity index (χ0v) is 14.0. The predicted octanol–water partition coefficient (Wildman–Crippen LogP) is 3.02. The summed E-state index contributed by atoms with van der Waals surface area (Å²) < 4.78 is 5.22. The van der Waals surface area contributed by atoms with Gasteiger partial charge >= 0.3 is 0 Å². The molecule has 2 heterocycles. The Labute approximate surface area is 149 Å². The first-order valence-corrected chi connectivity index (χ1v) is 8.13. The molecule has 0 radical (unpaired) electrons. The first-order chi connectivity index (χ1) is 12.2. The Kier molecular flexibility index (Phi) is 5.58. The smallest absolute Gasteiger partial charge is 0.273 e. The van der Waals surface area contributed by atoms with Crippen molar-refractivity contribution in [3.63, 3.8) is 0 Å². The highest BCUT2D eigenvalue weighted by molar-refractivity contribution is 6.28. The quantitative estimate of drug-likeness (QED) is 0.498. The summed E-state index contributed by atoms with van der Waals surface area (Å²) in [6.45, 7) is 1.14. The van der Waals surface area contributed by atoms with E-state index in [1.807, 2.05) is 30.3 Å². The topological polar surface area (TPSA) is 92.9 Å². The Morgan fingerprint density at radius 2 is 2.00 bits per heavy atom. The van der Waals surface area contributed by atoms with E-state index in [4.69, 9.17) is 16.1 Å². The van der Waals surface area contributed by atoms with Crippen LogP contribution in [0, 0.1) is 0 Å².